The van der Waals surface area contributed by atoms with E-state index in [0.717, 1.165) is 37.7 Å². The van der Waals surface area contributed by atoms with Gasteiger partial charge in [-0.15, -0.1) is 0 Å². The highest BCUT2D eigenvalue weighted by Gasteiger charge is 2.37. The summed E-state index contributed by atoms with van der Waals surface area (Å²) in [5.74, 6) is -0.328. The van der Waals surface area contributed by atoms with Gasteiger partial charge >= 0.3 is 0 Å². The molecule has 2 rings (SSSR count). The molecule has 0 bridgehead atoms. The molecule has 6 heteroatoms. The molecule has 0 aliphatic heterocycles. The molecule has 0 radical (unpaired) electrons. The van der Waals surface area contributed by atoms with Gasteiger partial charge in [0.1, 0.15) is 0 Å². The zero-order valence-corrected chi connectivity index (χ0v) is 12.2. The standard InChI is InChI=1S/C15H21N3O3/c1-11-12(6-5-7-13(11)18(20)21)10-17-15(14(16)19)8-3-2-4-9-15/h5-7,17H,2-4,8-10H2,1H3,(H2,16,19). The van der Waals surface area contributed by atoms with Gasteiger partial charge in [-0.3, -0.25) is 20.2 Å². The lowest BCUT2D eigenvalue weighted by atomic mass is 9.81. The predicted molar refractivity (Wildman–Crippen MR) is 79.7 cm³/mol. The first-order chi connectivity index (χ1) is 9.96. The van der Waals surface area contributed by atoms with Crippen LogP contribution in [0.3, 0.4) is 0 Å². The van der Waals surface area contributed by atoms with Crippen molar-refractivity contribution < 1.29 is 9.72 Å². The van der Waals surface area contributed by atoms with Crippen LogP contribution in [0, 0.1) is 17.0 Å². The molecule has 1 saturated carbocycles. The van der Waals surface area contributed by atoms with Crippen molar-refractivity contribution in [3.63, 3.8) is 0 Å². The molecule has 1 aromatic carbocycles. The van der Waals surface area contributed by atoms with Crippen LogP contribution in [0.25, 0.3) is 0 Å². The molecular formula is C15H21N3O3. The third kappa shape index (κ3) is 3.21. The van der Waals surface area contributed by atoms with Crippen LogP contribution in [0.1, 0.15) is 43.2 Å². The zero-order valence-electron chi connectivity index (χ0n) is 12.2. The molecule has 0 aromatic heterocycles. The largest absolute Gasteiger partial charge is 0.368 e. The van der Waals surface area contributed by atoms with Crippen molar-refractivity contribution in [3.05, 3.63) is 39.4 Å². The van der Waals surface area contributed by atoms with E-state index in [9.17, 15) is 14.9 Å². The van der Waals surface area contributed by atoms with E-state index in [4.69, 9.17) is 5.73 Å². The number of nitro groups is 1. The number of nitrogens with two attached hydrogens (primary N) is 1. The Morgan fingerprint density at radius 3 is 2.62 bits per heavy atom. The quantitative estimate of drug-likeness (QED) is 0.641. The average molecular weight is 291 g/mol. The second-order valence-corrected chi connectivity index (χ2v) is 5.68. The lowest BCUT2D eigenvalue weighted by molar-refractivity contribution is -0.385. The number of hydrogen-bond acceptors (Lipinski definition) is 4. The van der Waals surface area contributed by atoms with Crippen molar-refractivity contribution in [2.24, 2.45) is 5.73 Å². The number of nitrogens with zero attached hydrogens (tertiary/aromatic N) is 1. The predicted octanol–water partition coefficient (Wildman–Crippen LogP) is 2.18. The van der Waals surface area contributed by atoms with E-state index in [1.165, 1.54) is 6.07 Å². The zero-order chi connectivity index (χ0) is 15.5. The summed E-state index contributed by atoms with van der Waals surface area (Å²) >= 11 is 0. The fourth-order valence-corrected chi connectivity index (χ4v) is 2.99. The third-order valence-corrected chi connectivity index (χ3v) is 4.41. The highest BCUT2D eigenvalue weighted by molar-refractivity contribution is 5.84. The molecule has 0 atom stereocenters. The Morgan fingerprint density at radius 2 is 2.05 bits per heavy atom. The van der Waals surface area contributed by atoms with Crippen LogP contribution in [0.15, 0.2) is 18.2 Å². The molecule has 3 N–H and O–H groups in total. The van der Waals surface area contributed by atoms with Gasteiger partial charge in [-0.25, -0.2) is 0 Å². The second kappa shape index (κ2) is 6.22. The maximum Gasteiger partial charge on any atom is 0.272 e. The van der Waals surface area contributed by atoms with Crippen molar-refractivity contribution >= 4 is 11.6 Å². The summed E-state index contributed by atoms with van der Waals surface area (Å²) in [6.07, 6.45) is 4.53. The molecule has 114 valence electrons. The highest BCUT2D eigenvalue weighted by Crippen LogP contribution is 2.29. The van der Waals surface area contributed by atoms with Crippen molar-refractivity contribution in [2.45, 2.75) is 51.1 Å². The summed E-state index contributed by atoms with van der Waals surface area (Å²) in [7, 11) is 0. The van der Waals surface area contributed by atoms with Crippen molar-refractivity contribution in [1.29, 1.82) is 0 Å². The molecule has 1 aliphatic rings. The summed E-state index contributed by atoms with van der Waals surface area (Å²) in [6, 6.07) is 5.00. The maximum absolute atomic E-state index is 11.8. The van der Waals surface area contributed by atoms with Gasteiger partial charge in [0.15, 0.2) is 0 Å². The molecule has 0 heterocycles. The Labute approximate surface area is 123 Å². The van der Waals surface area contributed by atoms with Crippen LogP contribution in [-0.2, 0) is 11.3 Å². The molecular weight excluding hydrogens is 270 g/mol. The number of nitrogens with one attached hydrogen (secondary N) is 1. The van der Waals surface area contributed by atoms with Gasteiger partial charge in [-0.2, -0.15) is 0 Å². The summed E-state index contributed by atoms with van der Waals surface area (Å²) < 4.78 is 0. The maximum atomic E-state index is 11.8. The van der Waals surface area contributed by atoms with Crippen molar-refractivity contribution in [3.8, 4) is 0 Å². The fourth-order valence-electron chi connectivity index (χ4n) is 2.99. The number of rotatable bonds is 5. The molecule has 1 aromatic rings. The van der Waals surface area contributed by atoms with Gasteiger partial charge in [0.25, 0.3) is 5.69 Å². The van der Waals surface area contributed by atoms with Crippen LogP contribution in [-0.4, -0.2) is 16.4 Å². The molecule has 0 spiro atoms. The second-order valence-electron chi connectivity index (χ2n) is 5.68. The molecule has 1 aliphatic carbocycles. The van der Waals surface area contributed by atoms with Gasteiger partial charge in [-0.1, -0.05) is 31.4 Å². The van der Waals surface area contributed by atoms with E-state index in [2.05, 4.69) is 5.32 Å². The highest BCUT2D eigenvalue weighted by atomic mass is 16.6. The fraction of sp³-hybridized carbons (Fsp3) is 0.533. The molecule has 1 amide bonds. The van der Waals surface area contributed by atoms with E-state index >= 15 is 0 Å². The van der Waals surface area contributed by atoms with Crippen molar-refractivity contribution in [1.82, 2.24) is 5.32 Å². The van der Waals surface area contributed by atoms with Crippen LogP contribution in [0.2, 0.25) is 0 Å². The van der Waals surface area contributed by atoms with Crippen LogP contribution in [0.4, 0.5) is 5.69 Å². The van der Waals surface area contributed by atoms with Gasteiger partial charge < -0.3 is 5.73 Å². The first kappa shape index (κ1) is 15.4. The summed E-state index contributed by atoms with van der Waals surface area (Å²) in [5.41, 5.74) is 6.46. The minimum Gasteiger partial charge on any atom is -0.368 e. The number of carbonyl (C=O) groups is 1. The molecule has 0 saturated heterocycles. The van der Waals surface area contributed by atoms with E-state index in [-0.39, 0.29) is 16.5 Å². The first-order valence-electron chi connectivity index (χ1n) is 7.24. The average Bonchev–Trinajstić information content (AvgIpc) is 2.46. The number of benzene rings is 1. The lowest BCUT2D eigenvalue weighted by Crippen LogP contribution is -2.56. The van der Waals surface area contributed by atoms with Gasteiger partial charge in [0.05, 0.1) is 10.5 Å². The smallest absolute Gasteiger partial charge is 0.272 e. The van der Waals surface area contributed by atoms with Gasteiger partial charge in [0.2, 0.25) is 5.91 Å². The van der Waals surface area contributed by atoms with E-state index in [0.29, 0.717) is 12.1 Å². The summed E-state index contributed by atoms with van der Waals surface area (Å²) in [6.45, 7) is 2.14. The monoisotopic (exact) mass is 291 g/mol. The molecule has 6 nitrogen and oxygen atoms in total. The summed E-state index contributed by atoms with van der Waals surface area (Å²) in [5, 5.41) is 14.2. The minimum absolute atomic E-state index is 0.103. The molecule has 1 fully saturated rings. The molecule has 0 unspecified atom stereocenters. The van der Waals surface area contributed by atoms with Gasteiger partial charge in [-0.05, 0) is 25.3 Å². The lowest BCUT2D eigenvalue weighted by Gasteiger charge is -2.35. The molecule has 21 heavy (non-hydrogen) atoms. The SMILES string of the molecule is Cc1c(CNC2(C(N)=O)CCCCC2)cccc1[N+](=O)[O-]. The number of primary amides is 1. The van der Waals surface area contributed by atoms with E-state index in [1.807, 2.05) is 6.07 Å². The van der Waals surface area contributed by atoms with Crippen LogP contribution in [0.5, 0.6) is 0 Å². The number of hydrogen-bond donors (Lipinski definition) is 2. The first-order valence-corrected chi connectivity index (χ1v) is 7.24. The Morgan fingerprint density at radius 1 is 1.38 bits per heavy atom. The minimum atomic E-state index is -0.671. The number of amides is 1. The topological polar surface area (TPSA) is 98.3 Å². The van der Waals surface area contributed by atoms with Gasteiger partial charge in [0, 0.05) is 18.2 Å². The normalized spacial score (nSPS) is 17.4. The summed E-state index contributed by atoms with van der Waals surface area (Å²) in [4.78, 5) is 22.4. The number of nitro benzene ring substituents is 1. The Kier molecular flexibility index (Phi) is 4.57. The Bertz CT molecular complexity index is 551. The Hall–Kier alpha value is -1.95. The van der Waals surface area contributed by atoms with Crippen LogP contribution < -0.4 is 11.1 Å². The van der Waals surface area contributed by atoms with E-state index < -0.39 is 5.54 Å². The number of carbonyl (C=O) groups excluding carboxylic acids is 1. The van der Waals surface area contributed by atoms with Crippen LogP contribution >= 0.6 is 0 Å². The third-order valence-electron chi connectivity index (χ3n) is 4.41. The van der Waals surface area contributed by atoms with Crippen molar-refractivity contribution in [2.75, 3.05) is 0 Å². The Balaban J connectivity index is 2.16. The van der Waals surface area contributed by atoms with E-state index in [1.54, 1.807) is 13.0 Å².